The van der Waals surface area contributed by atoms with Gasteiger partial charge in [0, 0.05) is 22.8 Å². The van der Waals surface area contributed by atoms with Crippen LogP contribution in [0, 0.1) is 10.4 Å². The van der Waals surface area contributed by atoms with Gasteiger partial charge < -0.3 is 0 Å². The highest BCUT2D eigenvalue weighted by atomic mass is 16.2. The van der Waals surface area contributed by atoms with E-state index in [0.717, 1.165) is 6.07 Å². The van der Waals surface area contributed by atoms with Crippen molar-refractivity contribution in [2.24, 2.45) is 0 Å². The Bertz CT molecular complexity index is 1020. The van der Waals surface area contributed by atoms with Crippen LogP contribution in [0.3, 0.4) is 0 Å². The molecule has 0 saturated carbocycles. The lowest BCUT2D eigenvalue weighted by atomic mass is 9.93. The number of carbonyl (C=O) groups excluding carboxylic acids is 1. The zero-order valence-electron chi connectivity index (χ0n) is 9.56. The maximum atomic E-state index is 12.2. The van der Waals surface area contributed by atoms with Crippen molar-refractivity contribution >= 4 is 11.9 Å². The number of ketones is 1. The number of fused-ring (bicyclic) bond motifs is 1. The topological polar surface area (TPSA) is 85.3 Å². The molecule has 3 aliphatic rings. The van der Waals surface area contributed by atoms with Crippen molar-refractivity contribution < 1.29 is 4.79 Å². The molecule has 0 aromatic rings. The van der Waals surface area contributed by atoms with E-state index >= 15 is 0 Å². The number of rotatable bonds is 0. The largest absolute Gasteiger partial charge is 0.294 e. The van der Waals surface area contributed by atoms with Crippen LogP contribution in [0.15, 0.2) is 37.4 Å². The summed E-state index contributed by atoms with van der Waals surface area (Å²) in [5.41, 5.74) is -2.86. The van der Waals surface area contributed by atoms with Crippen molar-refractivity contribution in [1.82, 2.24) is 0 Å². The van der Waals surface area contributed by atoms with E-state index in [4.69, 9.17) is 0 Å². The first-order valence-electron chi connectivity index (χ1n) is 5.55. The van der Waals surface area contributed by atoms with E-state index in [0.29, 0.717) is 0 Å². The molecule has 92 valence electrons. The molecule has 0 aromatic carbocycles. The standard InChI is InChI=1S/C14H6O5/c15-6-1-2-7-9(5-6)13(18)11-8(12(7)17)3-4-10(16)14(11)19/h1-4H,5H2. The highest BCUT2D eigenvalue weighted by molar-refractivity contribution is 5.98. The molecule has 0 spiro atoms. The zero-order valence-corrected chi connectivity index (χ0v) is 9.56. The molecule has 0 unspecified atom stereocenters. The van der Waals surface area contributed by atoms with Gasteiger partial charge in [-0.05, 0) is 24.3 Å². The monoisotopic (exact) mass is 254 g/mol. The normalized spacial score (nSPS) is 13.8. The van der Waals surface area contributed by atoms with Crippen molar-refractivity contribution in [2.45, 2.75) is 6.42 Å². The third-order valence-corrected chi connectivity index (χ3v) is 3.22. The molecule has 0 amide bonds. The molecule has 5 nitrogen and oxygen atoms in total. The molecule has 0 heterocycles. The predicted octanol–water partition coefficient (Wildman–Crippen LogP) is -1.13. The Hall–Kier alpha value is -2.69. The average molecular weight is 254 g/mol. The van der Waals surface area contributed by atoms with Gasteiger partial charge in [0.1, 0.15) is 0 Å². The lowest BCUT2D eigenvalue weighted by Gasteiger charge is -2.07. The van der Waals surface area contributed by atoms with Crippen molar-refractivity contribution in [3.05, 3.63) is 80.7 Å². The number of allylic oxidation sites excluding steroid dienone is 1. The minimum atomic E-state index is -0.982. The molecule has 0 atom stereocenters. The van der Waals surface area contributed by atoms with Gasteiger partial charge in [0.2, 0.25) is 10.9 Å². The third-order valence-electron chi connectivity index (χ3n) is 3.22. The zero-order chi connectivity index (χ0) is 13.7. The number of carbonyl (C=O) groups is 1. The highest BCUT2D eigenvalue weighted by Gasteiger charge is 2.20. The first kappa shape index (κ1) is 11.4. The summed E-state index contributed by atoms with van der Waals surface area (Å²) in [6.45, 7) is 0. The van der Waals surface area contributed by atoms with Gasteiger partial charge in [-0.3, -0.25) is 24.0 Å². The van der Waals surface area contributed by atoms with Gasteiger partial charge in [0.15, 0.2) is 16.6 Å². The Morgan fingerprint density at radius 2 is 1.53 bits per heavy atom. The summed E-state index contributed by atoms with van der Waals surface area (Å²) >= 11 is 0. The molecule has 19 heavy (non-hydrogen) atoms. The van der Waals surface area contributed by atoms with Crippen LogP contribution in [-0.2, 0) is 11.2 Å². The van der Waals surface area contributed by atoms with Crippen LogP contribution in [0.25, 0.3) is 6.08 Å². The molecule has 0 aromatic heterocycles. The molecule has 5 heteroatoms. The fourth-order valence-corrected chi connectivity index (χ4v) is 2.29. The van der Waals surface area contributed by atoms with Gasteiger partial charge in [0.25, 0.3) is 0 Å². The minimum absolute atomic E-state index is 0.00713. The molecule has 3 aliphatic carbocycles. The second-order valence-corrected chi connectivity index (χ2v) is 4.34. The number of hydrogen-bond acceptors (Lipinski definition) is 5. The Balaban J connectivity index is 2.75. The molecular weight excluding hydrogens is 248 g/mol. The van der Waals surface area contributed by atoms with Gasteiger partial charge in [-0.15, -0.1) is 0 Å². The first-order chi connectivity index (χ1) is 9.00. The third kappa shape index (κ3) is 1.45. The Labute approximate surface area is 104 Å². The molecule has 0 bridgehead atoms. The van der Waals surface area contributed by atoms with Crippen molar-refractivity contribution in [2.75, 3.05) is 0 Å². The van der Waals surface area contributed by atoms with Crippen LogP contribution < -0.4 is 21.7 Å². The van der Waals surface area contributed by atoms with E-state index in [2.05, 4.69) is 0 Å². The lowest BCUT2D eigenvalue weighted by Crippen LogP contribution is -2.35. The summed E-state index contributed by atoms with van der Waals surface area (Å²) in [7, 11) is 0. The molecule has 0 fully saturated rings. The summed E-state index contributed by atoms with van der Waals surface area (Å²) in [5, 5.41) is -0.466. The second-order valence-electron chi connectivity index (χ2n) is 4.34. The van der Waals surface area contributed by atoms with E-state index in [9.17, 15) is 24.0 Å². The minimum Gasteiger partial charge on any atom is -0.294 e. The van der Waals surface area contributed by atoms with Gasteiger partial charge >= 0.3 is 0 Å². The fourth-order valence-electron chi connectivity index (χ4n) is 2.29. The van der Waals surface area contributed by atoms with Crippen LogP contribution in [-0.4, -0.2) is 5.78 Å². The van der Waals surface area contributed by atoms with Crippen LogP contribution in [0.1, 0.15) is 11.1 Å². The molecule has 0 N–H and O–H groups in total. The molecule has 0 radical (unpaired) electrons. The average Bonchev–Trinajstić information content (AvgIpc) is 2.39. The van der Waals surface area contributed by atoms with Crippen molar-refractivity contribution in [3.8, 4) is 0 Å². The quantitative estimate of drug-likeness (QED) is 0.555. The van der Waals surface area contributed by atoms with Gasteiger partial charge in [-0.1, -0.05) is 0 Å². The summed E-state index contributed by atoms with van der Waals surface area (Å²) in [6.07, 6.45) is 2.31. The lowest BCUT2D eigenvalue weighted by molar-refractivity contribution is -0.114. The smallest absolute Gasteiger partial charge is 0.237 e. The van der Waals surface area contributed by atoms with E-state index in [1.54, 1.807) is 0 Å². The van der Waals surface area contributed by atoms with Gasteiger partial charge in [0.05, 0.1) is 5.22 Å². The highest BCUT2D eigenvalue weighted by Crippen LogP contribution is 2.09. The second kappa shape index (κ2) is 3.65. The maximum Gasteiger partial charge on any atom is 0.237 e. The Morgan fingerprint density at radius 1 is 0.789 bits per heavy atom. The molecular formula is C14H6O5. The van der Waals surface area contributed by atoms with Gasteiger partial charge in [-0.25, -0.2) is 0 Å². The Morgan fingerprint density at radius 3 is 2.26 bits per heavy atom. The van der Waals surface area contributed by atoms with E-state index in [1.807, 2.05) is 0 Å². The summed E-state index contributed by atoms with van der Waals surface area (Å²) in [5.74, 6) is -0.311. The fraction of sp³-hybridized carbons (Fsp3) is 0.0714. The summed E-state index contributed by atoms with van der Waals surface area (Å²) in [6, 6.07) is 2.17. The summed E-state index contributed by atoms with van der Waals surface area (Å²) in [4.78, 5) is 58.7. The summed E-state index contributed by atoms with van der Waals surface area (Å²) < 4.78 is 0. The van der Waals surface area contributed by atoms with Crippen LogP contribution in [0.2, 0.25) is 0 Å². The Kier molecular flexibility index (Phi) is 2.19. The van der Waals surface area contributed by atoms with Crippen LogP contribution in [0.5, 0.6) is 0 Å². The van der Waals surface area contributed by atoms with E-state index in [1.165, 1.54) is 18.2 Å². The molecule has 0 aliphatic heterocycles. The van der Waals surface area contributed by atoms with E-state index < -0.39 is 26.9 Å². The predicted molar refractivity (Wildman–Crippen MR) is 66.9 cm³/mol. The van der Waals surface area contributed by atoms with Crippen LogP contribution in [0.4, 0.5) is 0 Å². The van der Waals surface area contributed by atoms with Gasteiger partial charge in [-0.2, -0.15) is 0 Å². The SMILES string of the molecule is O=C1C=Cc2c(c(=O)c3c(=O)c(=O)ccc=3c2=O)C1. The van der Waals surface area contributed by atoms with E-state index in [-0.39, 0.29) is 28.5 Å². The molecule has 3 rings (SSSR count). The maximum absolute atomic E-state index is 12.2. The van der Waals surface area contributed by atoms with Crippen LogP contribution >= 0.6 is 0 Å². The van der Waals surface area contributed by atoms with Crippen molar-refractivity contribution in [1.29, 1.82) is 0 Å². The molecule has 0 saturated heterocycles. The van der Waals surface area contributed by atoms with Crippen molar-refractivity contribution in [3.63, 3.8) is 0 Å². The number of hydrogen-bond donors (Lipinski definition) is 0. The first-order valence-corrected chi connectivity index (χ1v) is 5.55.